The fourth-order valence-electron chi connectivity index (χ4n) is 1.72. The van der Waals surface area contributed by atoms with E-state index >= 15 is 0 Å². The molecular formula is C14H14BrN3O5S. The maximum absolute atomic E-state index is 11.8. The van der Waals surface area contributed by atoms with Crippen molar-refractivity contribution in [1.29, 1.82) is 0 Å². The van der Waals surface area contributed by atoms with E-state index in [1.165, 1.54) is 37.4 Å². The summed E-state index contributed by atoms with van der Waals surface area (Å²) in [5.74, 6) is -0.902. The molecule has 1 aromatic carbocycles. The highest BCUT2D eigenvalue weighted by molar-refractivity contribution is 9.10. The lowest BCUT2D eigenvalue weighted by Gasteiger charge is -2.07. The van der Waals surface area contributed by atoms with Gasteiger partial charge in [0.2, 0.25) is 15.9 Å². The average Bonchev–Trinajstić information content (AvgIpc) is 2.99. The van der Waals surface area contributed by atoms with Crippen LogP contribution in [0.4, 0.5) is 5.69 Å². The van der Waals surface area contributed by atoms with Gasteiger partial charge in [-0.15, -0.1) is 0 Å². The molecule has 3 N–H and O–H groups in total. The number of hydrogen-bond acceptors (Lipinski definition) is 5. The third-order valence-electron chi connectivity index (χ3n) is 2.92. The van der Waals surface area contributed by atoms with E-state index in [0.717, 1.165) is 0 Å². The molecule has 0 saturated heterocycles. The van der Waals surface area contributed by atoms with Gasteiger partial charge >= 0.3 is 0 Å². The van der Waals surface area contributed by atoms with Gasteiger partial charge < -0.3 is 15.1 Å². The summed E-state index contributed by atoms with van der Waals surface area (Å²) in [5.41, 5.74) is 0.407. The number of sulfonamides is 1. The summed E-state index contributed by atoms with van der Waals surface area (Å²) in [6, 6.07) is 8.66. The summed E-state index contributed by atoms with van der Waals surface area (Å²) in [6.45, 7) is -0.256. The van der Waals surface area contributed by atoms with Crippen molar-refractivity contribution in [3.63, 3.8) is 0 Å². The van der Waals surface area contributed by atoms with Gasteiger partial charge in [0, 0.05) is 5.69 Å². The lowest BCUT2D eigenvalue weighted by atomic mass is 10.3. The highest BCUT2D eigenvalue weighted by Gasteiger charge is 2.13. The first-order valence-electron chi connectivity index (χ1n) is 6.69. The Morgan fingerprint density at radius 1 is 1.12 bits per heavy atom. The first-order valence-corrected chi connectivity index (χ1v) is 8.96. The van der Waals surface area contributed by atoms with Crippen molar-refractivity contribution in [3.05, 3.63) is 46.8 Å². The van der Waals surface area contributed by atoms with Crippen LogP contribution in [0.25, 0.3) is 0 Å². The zero-order valence-electron chi connectivity index (χ0n) is 12.5. The molecular weight excluding hydrogens is 402 g/mol. The molecule has 0 bridgehead atoms. The molecule has 0 unspecified atom stereocenters. The highest BCUT2D eigenvalue weighted by atomic mass is 79.9. The Hall–Kier alpha value is -2.17. The second-order valence-corrected chi connectivity index (χ2v) is 7.23. The Balaban J connectivity index is 1.89. The minimum Gasteiger partial charge on any atom is -0.444 e. The van der Waals surface area contributed by atoms with Crippen molar-refractivity contribution in [2.45, 2.75) is 4.90 Å². The van der Waals surface area contributed by atoms with Gasteiger partial charge in [-0.2, -0.15) is 0 Å². The number of nitrogens with one attached hydrogen (secondary N) is 3. The molecule has 128 valence electrons. The minimum absolute atomic E-state index is 0.0799. The van der Waals surface area contributed by atoms with Gasteiger partial charge in [-0.3, -0.25) is 9.59 Å². The molecule has 24 heavy (non-hydrogen) atoms. The number of amides is 2. The number of carbonyl (C=O) groups excluding carboxylic acids is 2. The smallest absolute Gasteiger partial charge is 0.287 e. The number of hydrogen-bond donors (Lipinski definition) is 3. The molecule has 1 aromatic heterocycles. The summed E-state index contributed by atoms with van der Waals surface area (Å²) < 4.78 is 30.8. The Labute approximate surface area is 146 Å². The predicted octanol–water partition coefficient (Wildman–Crippen LogP) is 1.32. The Kier molecular flexibility index (Phi) is 5.75. The SMILES string of the molecule is CNS(=O)(=O)c1ccc(NC(=O)CNC(=O)c2ccc(Br)o2)cc1. The van der Waals surface area contributed by atoms with Gasteiger partial charge in [0.1, 0.15) is 0 Å². The van der Waals surface area contributed by atoms with Gasteiger partial charge in [-0.05, 0) is 59.4 Å². The summed E-state index contributed by atoms with van der Waals surface area (Å²) in [4.78, 5) is 23.6. The average molecular weight is 416 g/mol. The summed E-state index contributed by atoms with van der Waals surface area (Å²) in [5, 5.41) is 4.95. The van der Waals surface area contributed by atoms with E-state index < -0.39 is 21.8 Å². The highest BCUT2D eigenvalue weighted by Crippen LogP contribution is 2.14. The van der Waals surface area contributed by atoms with Crippen LogP contribution in [0.15, 0.2) is 50.4 Å². The molecule has 2 amide bonds. The summed E-state index contributed by atoms with van der Waals surface area (Å²) in [7, 11) is -2.22. The van der Waals surface area contributed by atoms with Crippen molar-refractivity contribution >= 4 is 43.5 Å². The van der Waals surface area contributed by atoms with Crippen LogP contribution >= 0.6 is 15.9 Å². The fraction of sp³-hybridized carbons (Fsp3) is 0.143. The molecule has 0 aliphatic rings. The molecule has 2 rings (SSSR count). The van der Waals surface area contributed by atoms with Gasteiger partial charge in [-0.1, -0.05) is 0 Å². The van der Waals surface area contributed by atoms with Crippen LogP contribution < -0.4 is 15.4 Å². The maximum atomic E-state index is 11.8. The fourth-order valence-corrected chi connectivity index (χ4v) is 2.76. The van der Waals surface area contributed by atoms with Crippen LogP contribution in [0.5, 0.6) is 0 Å². The van der Waals surface area contributed by atoms with E-state index in [2.05, 4.69) is 31.3 Å². The zero-order chi connectivity index (χ0) is 17.7. The quantitative estimate of drug-likeness (QED) is 0.657. The van der Waals surface area contributed by atoms with Crippen molar-refractivity contribution < 1.29 is 22.4 Å². The minimum atomic E-state index is -3.53. The van der Waals surface area contributed by atoms with E-state index in [-0.39, 0.29) is 17.2 Å². The molecule has 8 nitrogen and oxygen atoms in total. The predicted molar refractivity (Wildman–Crippen MR) is 90.1 cm³/mol. The summed E-state index contributed by atoms with van der Waals surface area (Å²) >= 11 is 3.08. The molecule has 0 saturated carbocycles. The summed E-state index contributed by atoms with van der Waals surface area (Å²) in [6.07, 6.45) is 0. The normalized spacial score (nSPS) is 11.1. The van der Waals surface area contributed by atoms with Crippen molar-refractivity contribution in [2.24, 2.45) is 0 Å². The first kappa shape index (κ1) is 18.2. The second-order valence-electron chi connectivity index (χ2n) is 4.57. The molecule has 0 radical (unpaired) electrons. The van der Waals surface area contributed by atoms with Crippen LogP contribution in [0.2, 0.25) is 0 Å². The third kappa shape index (κ3) is 4.66. The monoisotopic (exact) mass is 415 g/mol. The lowest BCUT2D eigenvalue weighted by Crippen LogP contribution is -2.32. The molecule has 0 aliphatic heterocycles. The molecule has 0 aliphatic carbocycles. The van der Waals surface area contributed by atoms with Crippen LogP contribution in [-0.2, 0) is 14.8 Å². The number of halogens is 1. The van der Waals surface area contributed by atoms with Crippen LogP contribution in [0, 0.1) is 0 Å². The van der Waals surface area contributed by atoms with Crippen molar-refractivity contribution in [1.82, 2.24) is 10.0 Å². The number of anilines is 1. The zero-order valence-corrected chi connectivity index (χ0v) is 14.9. The maximum Gasteiger partial charge on any atom is 0.287 e. The van der Waals surface area contributed by atoms with Crippen LogP contribution in [0.1, 0.15) is 10.6 Å². The molecule has 2 aromatic rings. The standard InChI is InChI=1S/C14H14BrN3O5S/c1-16-24(21,22)10-4-2-9(3-5-10)18-13(19)8-17-14(20)11-6-7-12(15)23-11/h2-7,16H,8H2,1H3,(H,17,20)(H,18,19). The molecule has 0 atom stereocenters. The Morgan fingerprint density at radius 2 is 1.79 bits per heavy atom. The Morgan fingerprint density at radius 3 is 2.33 bits per heavy atom. The first-order chi connectivity index (χ1) is 11.3. The van der Waals surface area contributed by atoms with Gasteiger partial charge in [-0.25, -0.2) is 13.1 Å². The topological polar surface area (TPSA) is 118 Å². The second kappa shape index (κ2) is 7.60. The number of rotatable bonds is 6. The van der Waals surface area contributed by atoms with Crippen molar-refractivity contribution in [2.75, 3.05) is 18.9 Å². The van der Waals surface area contributed by atoms with Gasteiger partial charge in [0.15, 0.2) is 10.4 Å². The van der Waals surface area contributed by atoms with Gasteiger partial charge in [0.25, 0.3) is 5.91 Å². The van der Waals surface area contributed by atoms with Crippen LogP contribution in [0.3, 0.4) is 0 Å². The van der Waals surface area contributed by atoms with E-state index in [1.54, 1.807) is 6.07 Å². The molecule has 10 heteroatoms. The Bertz CT molecular complexity index is 846. The van der Waals surface area contributed by atoms with Crippen LogP contribution in [-0.4, -0.2) is 33.8 Å². The number of carbonyl (C=O) groups is 2. The largest absolute Gasteiger partial charge is 0.444 e. The molecule has 0 fully saturated rings. The van der Waals surface area contributed by atoms with E-state index in [4.69, 9.17) is 4.42 Å². The van der Waals surface area contributed by atoms with Crippen molar-refractivity contribution in [3.8, 4) is 0 Å². The lowest BCUT2D eigenvalue weighted by molar-refractivity contribution is -0.115. The molecule has 1 heterocycles. The van der Waals surface area contributed by atoms with E-state index in [0.29, 0.717) is 10.4 Å². The van der Waals surface area contributed by atoms with E-state index in [1.807, 2.05) is 0 Å². The number of benzene rings is 1. The third-order valence-corrected chi connectivity index (χ3v) is 4.78. The van der Waals surface area contributed by atoms with Gasteiger partial charge in [0.05, 0.1) is 11.4 Å². The number of furan rings is 1. The van der Waals surface area contributed by atoms with E-state index in [9.17, 15) is 18.0 Å². The molecule has 0 spiro atoms.